The van der Waals surface area contributed by atoms with Crippen LogP contribution in [0.1, 0.15) is 44.6 Å². The lowest BCUT2D eigenvalue weighted by Crippen LogP contribution is -2.38. The molecule has 3 rings (SSSR count). The highest BCUT2D eigenvalue weighted by atomic mass is 16.1. The number of amides is 1. The molecule has 0 atom stereocenters. The van der Waals surface area contributed by atoms with Gasteiger partial charge in [0.25, 0.3) is 5.91 Å². The predicted octanol–water partition coefficient (Wildman–Crippen LogP) is 1.93. The number of aromatic nitrogens is 2. The molecule has 0 aliphatic heterocycles. The van der Waals surface area contributed by atoms with Crippen LogP contribution in [0, 0.1) is 17.2 Å². The van der Waals surface area contributed by atoms with Gasteiger partial charge in [0.1, 0.15) is 11.6 Å². The van der Waals surface area contributed by atoms with E-state index in [9.17, 15) is 4.79 Å². The minimum absolute atomic E-state index is 0.146. The number of anilines is 1. The summed E-state index contributed by atoms with van der Waals surface area (Å²) in [5, 5.41) is 16.3. The van der Waals surface area contributed by atoms with E-state index in [1.54, 1.807) is 6.20 Å². The van der Waals surface area contributed by atoms with Gasteiger partial charge in [-0.3, -0.25) is 9.48 Å². The fraction of sp³-hybridized carbons (Fsp3) is 0.562. The summed E-state index contributed by atoms with van der Waals surface area (Å²) in [6.45, 7) is 0. The normalized spacial score (nSPS) is 25.5. The molecule has 22 heavy (non-hydrogen) atoms. The average molecular weight is 299 g/mol. The van der Waals surface area contributed by atoms with Gasteiger partial charge in [-0.25, -0.2) is 0 Å². The third-order valence-corrected chi connectivity index (χ3v) is 4.42. The zero-order valence-electron chi connectivity index (χ0n) is 12.5. The molecule has 0 bridgehead atoms. The Bertz CT molecular complexity index is 615. The predicted molar refractivity (Wildman–Crippen MR) is 82.5 cm³/mol. The molecule has 2 fully saturated rings. The minimum atomic E-state index is -0.221. The molecule has 2 saturated carbocycles. The lowest BCUT2D eigenvalue weighted by Gasteiger charge is -2.29. The number of rotatable bonds is 4. The standard InChI is InChI=1S/C16H21N5O/c17-8-12(7-11-1-2-11)16(22)20-14-3-5-15(6-4-14)21-10-13(18)9-19-21/h7,9-11,14-15H,1-6,18H2,(H,20,22)/b12-7+. The molecule has 116 valence electrons. The Morgan fingerprint density at radius 2 is 2.09 bits per heavy atom. The van der Waals surface area contributed by atoms with Crippen molar-refractivity contribution in [3.05, 3.63) is 24.0 Å². The van der Waals surface area contributed by atoms with Crippen LogP contribution in [0.25, 0.3) is 0 Å². The Morgan fingerprint density at radius 3 is 2.64 bits per heavy atom. The van der Waals surface area contributed by atoms with Crippen molar-refractivity contribution in [1.82, 2.24) is 15.1 Å². The fourth-order valence-electron chi connectivity index (χ4n) is 2.96. The molecular formula is C16H21N5O. The van der Waals surface area contributed by atoms with Crippen molar-refractivity contribution >= 4 is 11.6 Å². The number of carbonyl (C=O) groups is 1. The number of nitrogens with two attached hydrogens (primary N) is 1. The molecule has 0 radical (unpaired) electrons. The van der Waals surface area contributed by atoms with Gasteiger partial charge in [0.05, 0.1) is 17.9 Å². The first-order valence-corrected chi connectivity index (χ1v) is 7.88. The molecule has 0 saturated heterocycles. The van der Waals surface area contributed by atoms with Gasteiger partial charge in [-0.05, 0) is 44.4 Å². The number of carbonyl (C=O) groups excluding carboxylic acids is 1. The van der Waals surface area contributed by atoms with Gasteiger partial charge < -0.3 is 11.1 Å². The van der Waals surface area contributed by atoms with Crippen LogP contribution >= 0.6 is 0 Å². The number of nitrogen functional groups attached to an aromatic ring is 1. The van der Waals surface area contributed by atoms with Gasteiger partial charge in [-0.1, -0.05) is 6.08 Å². The summed E-state index contributed by atoms with van der Waals surface area (Å²) in [5.74, 6) is 0.211. The Morgan fingerprint density at radius 1 is 1.36 bits per heavy atom. The Kier molecular flexibility index (Phi) is 4.14. The second-order valence-corrected chi connectivity index (χ2v) is 6.26. The largest absolute Gasteiger partial charge is 0.396 e. The molecule has 2 aliphatic rings. The van der Waals surface area contributed by atoms with Gasteiger partial charge in [-0.15, -0.1) is 0 Å². The molecule has 1 aromatic rings. The van der Waals surface area contributed by atoms with E-state index in [0.29, 0.717) is 17.6 Å². The number of hydrogen-bond donors (Lipinski definition) is 2. The summed E-state index contributed by atoms with van der Waals surface area (Å²) in [4.78, 5) is 12.1. The van der Waals surface area contributed by atoms with Crippen molar-refractivity contribution in [2.75, 3.05) is 5.73 Å². The monoisotopic (exact) mass is 299 g/mol. The molecule has 3 N–H and O–H groups in total. The number of hydrogen-bond acceptors (Lipinski definition) is 4. The topological polar surface area (TPSA) is 96.7 Å². The summed E-state index contributed by atoms with van der Waals surface area (Å²) in [7, 11) is 0. The second-order valence-electron chi connectivity index (χ2n) is 6.26. The Hall–Kier alpha value is -2.29. The summed E-state index contributed by atoms with van der Waals surface area (Å²) in [5.41, 5.74) is 6.64. The lowest BCUT2D eigenvalue weighted by atomic mass is 9.91. The van der Waals surface area contributed by atoms with Crippen LogP contribution in [0.2, 0.25) is 0 Å². The number of nitriles is 1. The zero-order chi connectivity index (χ0) is 15.5. The summed E-state index contributed by atoms with van der Waals surface area (Å²) in [6, 6.07) is 2.52. The van der Waals surface area contributed by atoms with Crippen molar-refractivity contribution < 1.29 is 4.79 Å². The van der Waals surface area contributed by atoms with Crippen molar-refractivity contribution in [3.8, 4) is 6.07 Å². The Balaban J connectivity index is 1.51. The molecule has 2 aliphatic carbocycles. The van der Waals surface area contributed by atoms with E-state index in [0.717, 1.165) is 38.5 Å². The van der Waals surface area contributed by atoms with Crippen LogP contribution in [0.3, 0.4) is 0 Å². The van der Waals surface area contributed by atoms with E-state index in [2.05, 4.69) is 10.4 Å². The zero-order valence-corrected chi connectivity index (χ0v) is 12.5. The second kappa shape index (κ2) is 6.22. The quantitative estimate of drug-likeness (QED) is 0.655. The fourth-order valence-corrected chi connectivity index (χ4v) is 2.96. The molecule has 1 aromatic heterocycles. The van der Waals surface area contributed by atoms with Crippen LogP contribution in [0.5, 0.6) is 0 Å². The highest BCUT2D eigenvalue weighted by Gasteiger charge is 2.26. The molecule has 1 heterocycles. The van der Waals surface area contributed by atoms with Crippen molar-refractivity contribution in [3.63, 3.8) is 0 Å². The SMILES string of the molecule is N#C/C(=C\C1CC1)C(=O)NC1CCC(n2cc(N)cn2)CC1. The number of nitrogens with zero attached hydrogens (tertiary/aromatic N) is 3. The van der Waals surface area contributed by atoms with Crippen LogP contribution in [-0.2, 0) is 4.79 Å². The number of nitrogens with one attached hydrogen (secondary N) is 1. The van der Waals surface area contributed by atoms with Crippen molar-refractivity contribution in [2.45, 2.75) is 50.6 Å². The third-order valence-electron chi connectivity index (χ3n) is 4.42. The molecule has 0 aromatic carbocycles. The third kappa shape index (κ3) is 3.48. The van der Waals surface area contributed by atoms with Gasteiger partial charge >= 0.3 is 0 Å². The maximum Gasteiger partial charge on any atom is 0.261 e. The highest BCUT2D eigenvalue weighted by Crippen LogP contribution is 2.32. The summed E-state index contributed by atoms with van der Waals surface area (Å²) >= 11 is 0. The highest BCUT2D eigenvalue weighted by molar-refractivity contribution is 5.97. The van der Waals surface area contributed by atoms with E-state index >= 15 is 0 Å². The van der Waals surface area contributed by atoms with E-state index in [-0.39, 0.29) is 17.5 Å². The van der Waals surface area contributed by atoms with E-state index < -0.39 is 0 Å². The minimum Gasteiger partial charge on any atom is -0.396 e. The van der Waals surface area contributed by atoms with Gasteiger partial charge in [0.15, 0.2) is 0 Å². The van der Waals surface area contributed by atoms with E-state index in [4.69, 9.17) is 11.0 Å². The maximum absolute atomic E-state index is 12.1. The van der Waals surface area contributed by atoms with Crippen LogP contribution in [0.4, 0.5) is 5.69 Å². The Labute approximate surface area is 130 Å². The lowest BCUT2D eigenvalue weighted by molar-refractivity contribution is -0.118. The van der Waals surface area contributed by atoms with E-state index in [1.807, 2.05) is 23.0 Å². The van der Waals surface area contributed by atoms with Gasteiger partial charge in [-0.2, -0.15) is 10.4 Å². The first-order chi connectivity index (χ1) is 10.7. The van der Waals surface area contributed by atoms with Crippen LogP contribution in [-0.4, -0.2) is 21.7 Å². The van der Waals surface area contributed by atoms with Crippen molar-refractivity contribution in [1.29, 1.82) is 5.26 Å². The number of allylic oxidation sites excluding steroid dienone is 1. The van der Waals surface area contributed by atoms with Gasteiger partial charge in [0.2, 0.25) is 0 Å². The first-order valence-electron chi connectivity index (χ1n) is 7.88. The molecule has 1 amide bonds. The van der Waals surface area contributed by atoms with Crippen molar-refractivity contribution in [2.24, 2.45) is 5.92 Å². The van der Waals surface area contributed by atoms with Gasteiger partial charge in [0, 0.05) is 12.2 Å². The molecule has 0 spiro atoms. The average Bonchev–Trinajstić information content (AvgIpc) is 3.24. The summed E-state index contributed by atoms with van der Waals surface area (Å²) < 4.78 is 1.92. The van der Waals surface area contributed by atoms with Crippen LogP contribution in [0.15, 0.2) is 24.0 Å². The maximum atomic E-state index is 12.1. The smallest absolute Gasteiger partial charge is 0.261 e. The van der Waals surface area contributed by atoms with Crippen LogP contribution < -0.4 is 11.1 Å². The van der Waals surface area contributed by atoms with E-state index in [1.165, 1.54) is 0 Å². The molecule has 0 unspecified atom stereocenters. The molecule has 6 heteroatoms. The summed E-state index contributed by atoms with van der Waals surface area (Å²) in [6.07, 6.45) is 11.2. The first kappa shape index (κ1) is 14.6. The molecule has 6 nitrogen and oxygen atoms in total. The molecular weight excluding hydrogens is 278 g/mol.